The van der Waals surface area contributed by atoms with E-state index < -0.39 is 35.9 Å². The highest BCUT2D eigenvalue weighted by atomic mass is 19.4. The number of alkyl halides is 3. The van der Waals surface area contributed by atoms with Gasteiger partial charge in [0.25, 0.3) is 0 Å². The SMILES string of the molecule is COc1ccc(OC(C)=O)cc1Oc1ccc(C(F)(F)F)cc1CN1C(=O)O[C@@H](c2ccccc2)[C@H]1C. The molecule has 0 saturated carbocycles. The zero-order valence-electron chi connectivity index (χ0n) is 20.2. The van der Waals surface area contributed by atoms with E-state index in [2.05, 4.69) is 0 Å². The Kier molecular flexibility index (Phi) is 7.28. The monoisotopic (exact) mass is 515 g/mol. The van der Waals surface area contributed by atoms with Gasteiger partial charge in [-0.05, 0) is 42.8 Å². The Bertz CT molecular complexity index is 1300. The van der Waals surface area contributed by atoms with Crippen molar-refractivity contribution in [2.24, 2.45) is 0 Å². The van der Waals surface area contributed by atoms with Gasteiger partial charge in [-0.3, -0.25) is 9.69 Å². The molecule has 1 heterocycles. The first-order chi connectivity index (χ1) is 17.6. The van der Waals surface area contributed by atoms with Crippen molar-refractivity contribution in [3.05, 3.63) is 83.4 Å². The topological polar surface area (TPSA) is 74.3 Å². The summed E-state index contributed by atoms with van der Waals surface area (Å²) in [7, 11) is 1.40. The lowest BCUT2D eigenvalue weighted by molar-refractivity contribution is -0.137. The van der Waals surface area contributed by atoms with Crippen LogP contribution in [0.3, 0.4) is 0 Å². The maximum Gasteiger partial charge on any atom is 0.416 e. The molecule has 0 radical (unpaired) electrons. The zero-order valence-corrected chi connectivity index (χ0v) is 20.2. The minimum Gasteiger partial charge on any atom is -0.493 e. The Morgan fingerprint density at radius 2 is 1.70 bits per heavy atom. The molecule has 0 unspecified atom stereocenters. The Morgan fingerprint density at radius 1 is 1.00 bits per heavy atom. The molecule has 4 rings (SSSR count). The van der Waals surface area contributed by atoms with Crippen LogP contribution >= 0.6 is 0 Å². The third-order valence-electron chi connectivity index (χ3n) is 5.87. The van der Waals surface area contributed by atoms with Crippen molar-refractivity contribution in [1.29, 1.82) is 0 Å². The summed E-state index contributed by atoms with van der Waals surface area (Å²) < 4.78 is 62.5. The highest BCUT2D eigenvalue weighted by Crippen LogP contribution is 2.40. The van der Waals surface area contributed by atoms with Crippen molar-refractivity contribution in [3.8, 4) is 23.0 Å². The third kappa shape index (κ3) is 5.79. The van der Waals surface area contributed by atoms with Gasteiger partial charge in [0.05, 0.1) is 25.3 Å². The molecule has 10 heteroatoms. The minimum atomic E-state index is -4.61. The number of cyclic esters (lactones) is 1. The lowest BCUT2D eigenvalue weighted by Gasteiger charge is -2.23. The van der Waals surface area contributed by atoms with E-state index in [4.69, 9.17) is 18.9 Å². The molecule has 1 amide bonds. The number of benzene rings is 3. The first kappa shape index (κ1) is 25.9. The van der Waals surface area contributed by atoms with E-state index >= 15 is 0 Å². The predicted molar refractivity (Wildman–Crippen MR) is 126 cm³/mol. The molecule has 0 N–H and O–H groups in total. The van der Waals surface area contributed by atoms with E-state index in [9.17, 15) is 22.8 Å². The fourth-order valence-corrected chi connectivity index (χ4v) is 4.05. The summed E-state index contributed by atoms with van der Waals surface area (Å²) in [4.78, 5) is 25.5. The summed E-state index contributed by atoms with van der Waals surface area (Å²) in [6.45, 7) is 2.80. The molecule has 3 aromatic rings. The second-order valence-electron chi connectivity index (χ2n) is 8.41. The number of rotatable bonds is 7. The van der Waals surface area contributed by atoms with Crippen LogP contribution in [0.1, 0.15) is 36.6 Å². The first-order valence-electron chi connectivity index (χ1n) is 11.3. The first-order valence-corrected chi connectivity index (χ1v) is 11.3. The summed E-state index contributed by atoms with van der Waals surface area (Å²) in [6, 6.07) is 16.0. The van der Waals surface area contributed by atoms with Crippen LogP contribution in [-0.2, 0) is 22.3 Å². The lowest BCUT2D eigenvalue weighted by Crippen LogP contribution is -2.31. The minimum absolute atomic E-state index is 0.0643. The summed E-state index contributed by atoms with van der Waals surface area (Å²) in [5.74, 6) is 0.0517. The van der Waals surface area contributed by atoms with Crippen LogP contribution < -0.4 is 14.2 Å². The summed E-state index contributed by atoms with van der Waals surface area (Å²) >= 11 is 0. The van der Waals surface area contributed by atoms with Crippen LogP contribution in [0, 0.1) is 0 Å². The average molecular weight is 515 g/mol. The Hall–Kier alpha value is -4.21. The molecule has 1 saturated heterocycles. The Balaban J connectivity index is 1.69. The van der Waals surface area contributed by atoms with Gasteiger partial charge in [-0.1, -0.05) is 30.3 Å². The van der Waals surface area contributed by atoms with Gasteiger partial charge in [-0.2, -0.15) is 13.2 Å². The van der Waals surface area contributed by atoms with E-state index in [0.29, 0.717) is 0 Å². The maximum absolute atomic E-state index is 13.6. The van der Waals surface area contributed by atoms with Crippen molar-refractivity contribution >= 4 is 12.1 Å². The standard InChI is InChI=1S/C27H24F3NO6/c1-16-25(18-7-5-4-6-8-18)37-26(33)31(16)15-19-13-20(27(28,29)30)9-11-22(19)36-24-14-21(35-17(2)32)10-12-23(24)34-3/h4-14,16,25H,15H2,1-3H3/t16-,25-/m1/s1. The number of amides is 1. The van der Waals surface area contributed by atoms with Crippen molar-refractivity contribution in [1.82, 2.24) is 4.90 Å². The van der Waals surface area contributed by atoms with Crippen molar-refractivity contribution in [2.45, 2.75) is 38.7 Å². The number of halogens is 3. The summed E-state index contributed by atoms with van der Waals surface area (Å²) in [5, 5.41) is 0. The Morgan fingerprint density at radius 3 is 2.35 bits per heavy atom. The van der Waals surface area contributed by atoms with Crippen LogP contribution in [0.25, 0.3) is 0 Å². The lowest BCUT2D eigenvalue weighted by atomic mass is 10.0. The molecule has 1 fully saturated rings. The molecule has 0 spiro atoms. The van der Waals surface area contributed by atoms with Gasteiger partial charge < -0.3 is 18.9 Å². The van der Waals surface area contributed by atoms with Gasteiger partial charge in [0.2, 0.25) is 0 Å². The van der Waals surface area contributed by atoms with E-state index in [1.165, 1.54) is 43.2 Å². The quantitative estimate of drug-likeness (QED) is 0.264. The number of esters is 1. The number of methoxy groups -OCH3 is 1. The molecule has 2 atom stereocenters. The average Bonchev–Trinajstić information content (AvgIpc) is 3.13. The van der Waals surface area contributed by atoms with Gasteiger partial charge in [-0.25, -0.2) is 4.79 Å². The van der Waals surface area contributed by atoms with E-state index in [0.717, 1.165) is 17.7 Å². The number of hydrogen-bond donors (Lipinski definition) is 0. The summed E-state index contributed by atoms with van der Waals surface area (Å²) in [5.41, 5.74) is -0.0130. The number of hydrogen-bond acceptors (Lipinski definition) is 6. The third-order valence-corrected chi connectivity index (χ3v) is 5.87. The largest absolute Gasteiger partial charge is 0.493 e. The molecule has 3 aromatic carbocycles. The van der Waals surface area contributed by atoms with Crippen LogP contribution in [0.5, 0.6) is 23.0 Å². The predicted octanol–water partition coefficient (Wildman–Crippen LogP) is 6.51. The number of nitrogens with zero attached hydrogens (tertiary/aromatic N) is 1. The van der Waals surface area contributed by atoms with Crippen LogP contribution in [0.2, 0.25) is 0 Å². The molecular formula is C27H24F3NO6. The molecule has 0 aliphatic carbocycles. The molecule has 0 aromatic heterocycles. The second-order valence-corrected chi connectivity index (χ2v) is 8.41. The smallest absolute Gasteiger partial charge is 0.416 e. The van der Waals surface area contributed by atoms with E-state index in [-0.39, 0.29) is 35.1 Å². The molecule has 37 heavy (non-hydrogen) atoms. The van der Waals surface area contributed by atoms with Crippen molar-refractivity contribution < 1.29 is 41.7 Å². The van der Waals surface area contributed by atoms with Crippen LogP contribution in [0.4, 0.5) is 18.0 Å². The van der Waals surface area contributed by atoms with Gasteiger partial charge in [-0.15, -0.1) is 0 Å². The van der Waals surface area contributed by atoms with E-state index in [1.54, 1.807) is 6.92 Å². The van der Waals surface area contributed by atoms with Crippen LogP contribution in [-0.4, -0.2) is 30.1 Å². The molecule has 0 bridgehead atoms. The Labute approximate surface area is 211 Å². The normalized spacial score (nSPS) is 17.4. The van der Waals surface area contributed by atoms with E-state index in [1.807, 2.05) is 30.3 Å². The maximum atomic E-state index is 13.6. The van der Waals surface area contributed by atoms with Crippen LogP contribution in [0.15, 0.2) is 66.7 Å². The fourth-order valence-electron chi connectivity index (χ4n) is 4.05. The molecule has 194 valence electrons. The highest BCUT2D eigenvalue weighted by molar-refractivity contribution is 5.71. The van der Waals surface area contributed by atoms with Gasteiger partial charge in [0.15, 0.2) is 11.5 Å². The van der Waals surface area contributed by atoms with Crippen molar-refractivity contribution in [3.63, 3.8) is 0 Å². The van der Waals surface area contributed by atoms with Gasteiger partial charge >= 0.3 is 18.2 Å². The number of carbonyl (C=O) groups is 2. The van der Waals surface area contributed by atoms with Gasteiger partial charge in [0, 0.05) is 18.6 Å². The summed E-state index contributed by atoms with van der Waals surface area (Å²) in [6.07, 6.45) is -5.84. The molecular weight excluding hydrogens is 491 g/mol. The number of ether oxygens (including phenoxy) is 4. The second kappa shape index (κ2) is 10.4. The van der Waals surface area contributed by atoms with Crippen molar-refractivity contribution in [2.75, 3.05) is 7.11 Å². The highest BCUT2D eigenvalue weighted by Gasteiger charge is 2.40. The molecule has 1 aliphatic rings. The zero-order chi connectivity index (χ0) is 26.7. The molecule has 1 aliphatic heterocycles. The molecule has 7 nitrogen and oxygen atoms in total. The number of carbonyl (C=O) groups excluding carboxylic acids is 2. The van der Waals surface area contributed by atoms with Gasteiger partial charge in [0.1, 0.15) is 17.6 Å². The fraction of sp³-hybridized carbons (Fsp3) is 0.259.